The number of hydrogen-bond donors (Lipinski definition) is 0. The Morgan fingerprint density at radius 2 is 2.17 bits per heavy atom. The van der Waals surface area contributed by atoms with Crippen LogP contribution in [0.5, 0.6) is 0 Å². The van der Waals surface area contributed by atoms with E-state index in [2.05, 4.69) is 6.07 Å². The van der Waals surface area contributed by atoms with Gasteiger partial charge in [0.1, 0.15) is 0 Å². The first-order valence-electron chi connectivity index (χ1n) is 5.82. The highest BCUT2D eigenvalue weighted by Gasteiger charge is 2.21. The highest BCUT2D eigenvalue weighted by Crippen LogP contribution is 2.28. The highest BCUT2D eigenvalue weighted by atomic mass is 35.5. The average molecular weight is 286 g/mol. The standard InChI is InChI=1S/C13H13Cl2NO2/c14-10-5-4-9(7-11(10)15)12(8-16)18-13-3-1-2-6-17-13/h4-5,7,12-13H,1-3,6H2. The molecule has 1 fully saturated rings. The zero-order valence-corrected chi connectivity index (χ0v) is 11.2. The molecule has 18 heavy (non-hydrogen) atoms. The molecule has 5 heteroatoms. The quantitative estimate of drug-likeness (QED) is 0.840. The molecule has 0 saturated carbocycles. The molecule has 96 valence electrons. The van der Waals surface area contributed by atoms with Crippen molar-refractivity contribution < 1.29 is 9.47 Å². The zero-order valence-electron chi connectivity index (χ0n) is 9.73. The van der Waals surface area contributed by atoms with Gasteiger partial charge in [0.15, 0.2) is 12.4 Å². The van der Waals surface area contributed by atoms with Crippen molar-refractivity contribution in [3.63, 3.8) is 0 Å². The predicted molar refractivity (Wildman–Crippen MR) is 69.5 cm³/mol. The van der Waals surface area contributed by atoms with Gasteiger partial charge in [-0.3, -0.25) is 0 Å². The van der Waals surface area contributed by atoms with Crippen LogP contribution < -0.4 is 0 Å². The molecular weight excluding hydrogens is 273 g/mol. The van der Waals surface area contributed by atoms with Crippen LogP contribution in [0.15, 0.2) is 18.2 Å². The minimum Gasteiger partial charge on any atom is -0.353 e. The molecule has 0 spiro atoms. The number of hydrogen-bond acceptors (Lipinski definition) is 3. The van der Waals surface area contributed by atoms with Crippen LogP contribution >= 0.6 is 23.2 Å². The molecule has 1 aromatic carbocycles. The molecule has 2 unspecified atom stereocenters. The number of nitriles is 1. The molecule has 0 aromatic heterocycles. The Morgan fingerprint density at radius 3 is 2.78 bits per heavy atom. The van der Waals surface area contributed by atoms with E-state index in [9.17, 15) is 0 Å². The molecule has 0 radical (unpaired) electrons. The minimum atomic E-state index is -0.678. The van der Waals surface area contributed by atoms with Crippen LogP contribution in [0.4, 0.5) is 0 Å². The summed E-state index contributed by atoms with van der Waals surface area (Å²) in [5.74, 6) is 0. The van der Waals surface area contributed by atoms with Gasteiger partial charge in [-0.1, -0.05) is 29.3 Å². The molecular formula is C13H13Cl2NO2. The van der Waals surface area contributed by atoms with Crippen LogP contribution in [0, 0.1) is 11.3 Å². The average Bonchev–Trinajstić information content (AvgIpc) is 2.40. The number of ether oxygens (including phenoxy) is 2. The maximum Gasteiger partial charge on any atom is 0.172 e. The summed E-state index contributed by atoms with van der Waals surface area (Å²) in [4.78, 5) is 0. The van der Waals surface area contributed by atoms with Crippen LogP contribution in [0.25, 0.3) is 0 Å². The number of benzene rings is 1. The van der Waals surface area contributed by atoms with Crippen molar-refractivity contribution in [3.05, 3.63) is 33.8 Å². The minimum absolute atomic E-state index is 0.308. The van der Waals surface area contributed by atoms with Gasteiger partial charge in [-0.25, -0.2) is 0 Å². The van der Waals surface area contributed by atoms with E-state index in [-0.39, 0.29) is 6.29 Å². The van der Waals surface area contributed by atoms with Crippen LogP contribution in [0.3, 0.4) is 0 Å². The van der Waals surface area contributed by atoms with E-state index < -0.39 is 6.10 Å². The molecule has 0 bridgehead atoms. The lowest BCUT2D eigenvalue weighted by atomic mass is 10.1. The van der Waals surface area contributed by atoms with E-state index in [4.69, 9.17) is 37.9 Å². The van der Waals surface area contributed by atoms with E-state index in [1.807, 2.05) is 0 Å². The van der Waals surface area contributed by atoms with Crippen LogP contribution in [-0.2, 0) is 9.47 Å². The fourth-order valence-corrected chi connectivity index (χ4v) is 2.14. The summed E-state index contributed by atoms with van der Waals surface area (Å²) in [7, 11) is 0. The monoisotopic (exact) mass is 285 g/mol. The Bertz CT molecular complexity index is 453. The zero-order chi connectivity index (χ0) is 13.0. The van der Waals surface area contributed by atoms with E-state index in [1.165, 1.54) is 0 Å². The third kappa shape index (κ3) is 3.37. The Hall–Kier alpha value is -0.790. The molecule has 1 heterocycles. The third-order valence-electron chi connectivity index (χ3n) is 2.79. The van der Waals surface area contributed by atoms with Crippen molar-refractivity contribution in [2.45, 2.75) is 31.7 Å². The second-order valence-corrected chi connectivity index (χ2v) is 4.93. The van der Waals surface area contributed by atoms with E-state index in [0.717, 1.165) is 19.3 Å². The lowest BCUT2D eigenvalue weighted by Gasteiger charge is -2.25. The summed E-state index contributed by atoms with van der Waals surface area (Å²) in [5, 5.41) is 10.0. The van der Waals surface area contributed by atoms with Crippen molar-refractivity contribution in [2.75, 3.05) is 6.61 Å². The molecule has 0 aliphatic carbocycles. The first kappa shape index (κ1) is 13.6. The lowest BCUT2D eigenvalue weighted by Crippen LogP contribution is -2.24. The molecule has 2 atom stereocenters. The molecule has 0 N–H and O–H groups in total. The molecule has 1 saturated heterocycles. The van der Waals surface area contributed by atoms with Gasteiger partial charge in [0.05, 0.1) is 16.1 Å². The van der Waals surface area contributed by atoms with Crippen molar-refractivity contribution in [3.8, 4) is 6.07 Å². The largest absolute Gasteiger partial charge is 0.353 e. The van der Waals surface area contributed by atoms with Crippen molar-refractivity contribution in [2.24, 2.45) is 0 Å². The SMILES string of the molecule is N#CC(OC1CCCCO1)c1ccc(Cl)c(Cl)c1. The van der Waals surface area contributed by atoms with Gasteiger partial charge in [0.25, 0.3) is 0 Å². The Labute approximate surface area is 116 Å². The molecule has 0 amide bonds. The van der Waals surface area contributed by atoms with Crippen LogP contribution in [-0.4, -0.2) is 12.9 Å². The molecule has 1 aliphatic rings. The lowest BCUT2D eigenvalue weighted by molar-refractivity contribution is -0.178. The van der Waals surface area contributed by atoms with Crippen molar-refractivity contribution >= 4 is 23.2 Å². The van der Waals surface area contributed by atoms with Gasteiger partial charge in [0.2, 0.25) is 0 Å². The fraction of sp³-hybridized carbons (Fsp3) is 0.462. The summed E-state index contributed by atoms with van der Waals surface area (Å²) in [5.41, 5.74) is 0.695. The number of halogens is 2. The van der Waals surface area contributed by atoms with Crippen LogP contribution in [0.2, 0.25) is 10.0 Å². The topological polar surface area (TPSA) is 42.2 Å². The normalized spacial score (nSPS) is 21.3. The third-order valence-corrected chi connectivity index (χ3v) is 3.53. The smallest absolute Gasteiger partial charge is 0.172 e. The second kappa shape index (κ2) is 6.40. The first-order chi connectivity index (χ1) is 8.70. The van der Waals surface area contributed by atoms with E-state index >= 15 is 0 Å². The summed E-state index contributed by atoms with van der Waals surface area (Å²) >= 11 is 11.8. The van der Waals surface area contributed by atoms with Gasteiger partial charge >= 0.3 is 0 Å². The maximum atomic E-state index is 9.16. The summed E-state index contributed by atoms with van der Waals surface area (Å²) in [6.45, 7) is 0.685. The van der Waals surface area contributed by atoms with Gasteiger partial charge < -0.3 is 9.47 Å². The second-order valence-electron chi connectivity index (χ2n) is 4.11. The van der Waals surface area contributed by atoms with E-state index in [1.54, 1.807) is 18.2 Å². The summed E-state index contributed by atoms with van der Waals surface area (Å²) < 4.78 is 11.1. The Kier molecular flexibility index (Phi) is 4.85. The van der Waals surface area contributed by atoms with E-state index in [0.29, 0.717) is 22.2 Å². The van der Waals surface area contributed by atoms with Crippen molar-refractivity contribution in [1.82, 2.24) is 0 Å². The summed E-state index contributed by atoms with van der Waals surface area (Å²) in [6, 6.07) is 7.16. The van der Waals surface area contributed by atoms with Gasteiger partial charge in [-0.05, 0) is 37.0 Å². The molecule has 3 nitrogen and oxygen atoms in total. The fourth-order valence-electron chi connectivity index (χ4n) is 1.83. The molecule has 1 aliphatic heterocycles. The van der Waals surface area contributed by atoms with Crippen LogP contribution in [0.1, 0.15) is 30.9 Å². The predicted octanol–water partition coefficient (Wildman–Crippen LogP) is 4.10. The first-order valence-corrected chi connectivity index (χ1v) is 6.58. The highest BCUT2D eigenvalue weighted by molar-refractivity contribution is 6.42. The van der Waals surface area contributed by atoms with Gasteiger partial charge in [-0.15, -0.1) is 0 Å². The Balaban J connectivity index is 2.07. The molecule has 2 rings (SSSR count). The van der Waals surface area contributed by atoms with Crippen molar-refractivity contribution in [1.29, 1.82) is 5.26 Å². The number of nitrogens with zero attached hydrogens (tertiary/aromatic N) is 1. The summed E-state index contributed by atoms with van der Waals surface area (Å²) in [6.07, 6.45) is 1.94. The van der Waals surface area contributed by atoms with Gasteiger partial charge in [-0.2, -0.15) is 5.26 Å². The Morgan fingerprint density at radius 1 is 1.33 bits per heavy atom. The molecule has 1 aromatic rings. The van der Waals surface area contributed by atoms with Gasteiger partial charge in [0, 0.05) is 6.61 Å². The maximum absolute atomic E-state index is 9.16. The number of rotatable bonds is 3.